The van der Waals surface area contributed by atoms with Gasteiger partial charge in [-0.2, -0.15) is 0 Å². The fraction of sp³-hybridized carbons (Fsp3) is 0. The zero-order valence-electron chi connectivity index (χ0n) is 6.49. The van der Waals surface area contributed by atoms with E-state index < -0.39 is 0 Å². The predicted octanol–water partition coefficient (Wildman–Crippen LogP) is 3.85. The molecule has 0 fully saturated rings. The number of halogens is 1. The number of hydrogen-bond acceptors (Lipinski definition) is 2. The number of hydrogen-bond donors (Lipinski definition) is 0. The minimum absolute atomic E-state index is 0.398. The van der Waals surface area contributed by atoms with Crippen LogP contribution in [0.4, 0.5) is 0 Å². The van der Waals surface area contributed by atoms with Crippen molar-refractivity contribution < 1.29 is 0 Å². The Labute approximate surface area is 96.6 Å². The van der Waals surface area contributed by atoms with Crippen molar-refractivity contribution in [3.63, 3.8) is 0 Å². The third-order valence-corrected chi connectivity index (χ3v) is 5.83. The molecule has 0 amide bonds. The summed E-state index contributed by atoms with van der Waals surface area (Å²) >= 11 is 13.0. The average molecular weight is 292 g/mol. The molecule has 2 aromatic rings. The summed E-state index contributed by atoms with van der Waals surface area (Å²) in [5, 5.41) is 0.778. The molecule has 0 aliphatic heterocycles. The predicted molar refractivity (Wildman–Crippen MR) is 62.5 cm³/mol. The van der Waals surface area contributed by atoms with Crippen molar-refractivity contribution in [1.82, 2.24) is 0 Å². The molecule has 1 heterocycles. The van der Waals surface area contributed by atoms with Gasteiger partial charge in [-0.05, 0) is 0 Å². The van der Waals surface area contributed by atoms with Crippen LogP contribution in [0.3, 0.4) is 0 Å². The second kappa shape index (κ2) is 4.07. The Bertz CT molecular complexity index is 455. The van der Waals surface area contributed by atoms with E-state index in [0.29, 0.717) is 14.5 Å². The third-order valence-electron chi connectivity index (χ3n) is 1.58. The van der Waals surface area contributed by atoms with Gasteiger partial charge in [0.05, 0.1) is 0 Å². The fourth-order valence-electron chi connectivity index (χ4n) is 0.981. The Balaban J connectivity index is 2.47. The second-order valence-electron chi connectivity index (χ2n) is 2.46. The van der Waals surface area contributed by atoms with E-state index in [1.54, 1.807) is 11.3 Å². The minimum atomic E-state index is 0.398. The van der Waals surface area contributed by atoms with E-state index in [1.165, 1.54) is 10.4 Å². The van der Waals surface area contributed by atoms with Gasteiger partial charge in [0, 0.05) is 0 Å². The van der Waals surface area contributed by atoms with Crippen LogP contribution < -0.4 is 0 Å². The van der Waals surface area contributed by atoms with Crippen molar-refractivity contribution in [2.24, 2.45) is 0 Å². The Morgan fingerprint density at radius 1 is 1.23 bits per heavy atom. The van der Waals surface area contributed by atoms with Gasteiger partial charge in [-0.1, -0.05) is 0 Å². The van der Waals surface area contributed by atoms with Crippen molar-refractivity contribution in [3.8, 4) is 10.4 Å². The topological polar surface area (TPSA) is 0 Å². The Morgan fingerprint density at radius 2 is 1.92 bits per heavy atom. The van der Waals surface area contributed by atoms with Gasteiger partial charge in [-0.25, -0.2) is 0 Å². The van der Waals surface area contributed by atoms with Crippen LogP contribution in [0, 0.1) is 2.70 Å². The van der Waals surface area contributed by atoms with Crippen molar-refractivity contribution in [2.75, 3.05) is 0 Å². The molecule has 0 radical (unpaired) electrons. The van der Waals surface area contributed by atoms with Gasteiger partial charge in [0.1, 0.15) is 0 Å². The van der Waals surface area contributed by atoms with Gasteiger partial charge in [0.2, 0.25) is 0 Å². The first kappa shape index (κ1) is 9.63. The van der Waals surface area contributed by atoms with E-state index >= 15 is 0 Å². The summed E-state index contributed by atoms with van der Waals surface area (Å²) in [6.07, 6.45) is 0. The van der Waals surface area contributed by atoms with Crippen LogP contribution in [0.15, 0.2) is 29.2 Å². The number of rotatable bonds is 1. The SMILES string of the molecule is S=c1sc(-c2ccc(Cl)cc2)c[se]1. The fourth-order valence-corrected chi connectivity index (χ4v) is 4.54. The third kappa shape index (κ3) is 2.30. The monoisotopic (exact) mass is 292 g/mol. The standard InChI is InChI=1S/C9H5ClS2Se/c10-7-3-1-6(2-4-7)8-5-13-9(11)12-8/h1-5H. The van der Waals surface area contributed by atoms with Gasteiger partial charge in [-0.3, -0.25) is 0 Å². The molecule has 1 aromatic heterocycles. The Morgan fingerprint density at radius 3 is 2.46 bits per heavy atom. The van der Waals surface area contributed by atoms with Gasteiger partial charge in [-0.15, -0.1) is 0 Å². The molecule has 0 N–H and O–H groups in total. The van der Waals surface area contributed by atoms with Crippen LogP contribution >= 0.6 is 35.2 Å². The zero-order chi connectivity index (χ0) is 9.26. The average Bonchev–Trinajstić information content (AvgIpc) is 2.53. The summed E-state index contributed by atoms with van der Waals surface area (Å²) in [6, 6.07) is 7.88. The molecule has 0 unspecified atom stereocenters. The van der Waals surface area contributed by atoms with Crippen LogP contribution in [-0.2, 0) is 0 Å². The molecule has 0 aliphatic rings. The summed E-state index contributed by atoms with van der Waals surface area (Å²) < 4.78 is 1.11. The molecule has 0 aliphatic carbocycles. The first-order chi connectivity index (χ1) is 6.25. The van der Waals surface area contributed by atoms with Crippen molar-refractivity contribution in [2.45, 2.75) is 0 Å². The zero-order valence-corrected chi connectivity index (χ0v) is 10.6. The molecule has 0 nitrogen and oxygen atoms in total. The molecule has 0 saturated carbocycles. The van der Waals surface area contributed by atoms with E-state index in [-0.39, 0.29) is 0 Å². The van der Waals surface area contributed by atoms with E-state index in [9.17, 15) is 0 Å². The first-order valence-corrected chi connectivity index (χ1v) is 7.05. The molecule has 2 rings (SSSR count). The normalized spacial score (nSPS) is 10.2. The van der Waals surface area contributed by atoms with E-state index in [1.807, 2.05) is 24.3 Å². The summed E-state index contributed by atoms with van der Waals surface area (Å²) in [5.74, 6) is 0. The van der Waals surface area contributed by atoms with Crippen molar-refractivity contribution in [1.29, 1.82) is 0 Å². The second-order valence-corrected chi connectivity index (χ2v) is 7.63. The summed E-state index contributed by atoms with van der Waals surface area (Å²) in [4.78, 5) is 3.50. The summed E-state index contributed by atoms with van der Waals surface area (Å²) in [7, 11) is 0. The molecule has 1 aromatic carbocycles. The molecule has 13 heavy (non-hydrogen) atoms. The van der Waals surface area contributed by atoms with Gasteiger partial charge in [0.25, 0.3) is 0 Å². The van der Waals surface area contributed by atoms with E-state index in [4.69, 9.17) is 23.8 Å². The van der Waals surface area contributed by atoms with Gasteiger partial charge >= 0.3 is 97.0 Å². The molecule has 0 saturated heterocycles. The van der Waals surface area contributed by atoms with Crippen LogP contribution in [0.25, 0.3) is 10.4 Å². The Kier molecular flexibility index (Phi) is 3.02. The number of benzene rings is 1. The molecule has 4 heteroatoms. The summed E-state index contributed by atoms with van der Waals surface area (Å²) in [5.41, 5.74) is 1.22. The van der Waals surface area contributed by atoms with Crippen LogP contribution in [-0.4, -0.2) is 14.5 Å². The van der Waals surface area contributed by atoms with Crippen LogP contribution in [0.5, 0.6) is 0 Å². The molecule has 0 bridgehead atoms. The maximum atomic E-state index is 5.80. The molecule has 0 spiro atoms. The van der Waals surface area contributed by atoms with Gasteiger partial charge < -0.3 is 0 Å². The van der Waals surface area contributed by atoms with Gasteiger partial charge in [0.15, 0.2) is 0 Å². The first-order valence-electron chi connectivity index (χ1n) is 3.60. The van der Waals surface area contributed by atoms with Crippen LogP contribution in [0.1, 0.15) is 0 Å². The molecule has 66 valence electrons. The maximum absolute atomic E-state index is 5.80. The van der Waals surface area contributed by atoms with Crippen molar-refractivity contribution >= 4 is 49.7 Å². The molecular formula is C9H5ClS2Se. The Hall–Kier alpha value is 0.0795. The van der Waals surface area contributed by atoms with Crippen LogP contribution in [0.2, 0.25) is 5.02 Å². The molecular weight excluding hydrogens is 287 g/mol. The molecule has 0 atom stereocenters. The van der Waals surface area contributed by atoms with Crippen molar-refractivity contribution in [3.05, 3.63) is 36.9 Å². The summed E-state index contributed by atoms with van der Waals surface area (Å²) in [6.45, 7) is 0. The quantitative estimate of drug-likeness (QED) is 0.568. The van der Waals surface area contributed by atoms with E-state index in [2.05, 4.69) is 4.94 Å². The van der Waals surface area contributed by atoms with E-state index in [0.717, 1.165) is 7.72 Å².